The molecule has 1 atom stereocenters. The summed E-state index contributed by atoms with van der Waals surface area (Å²) in [6.45, 7) is 2.43. The maximum atomic E-state index is 12.3. The zero-order chi connectivity index (χ0) is 17.5. The second-order valence-corrected chi connectivity index (χ2v) is 7.11. The molecule has 5 heteroatoms. The highest BCUT2D eigenvalue weighted by Gasteiger charge is 2.13. The van der Waals surface area contributed by atoms with Crippen molar-refractivity contribution in [2.75, 3.05) is 0 Å². The number of nitrogens with zero attached hydrogens (tertiary/aromatic N) is 2. The quantitative estimate of drug-likeness (QED) is 0.704. The minimum absolute atomic E-state index is 0.0494. The molecule has 1 aromatic heterocycles. The Labute approximate surface area is 152 Å². The molecule has 128 valence electrons. The molecule has 0 aliphatic carbocycles. The Kier molecular flexibility index (Phi) is 5.90. The first-order chi connectivity index (χ1) is 12.2. The molecule has 1 N–H and O–H groups in total. The summed E-state index contributed by atoms with van der Waals surface area (Å²) in [6.07, 6.45) is 3.73. The summed E-state index contributed by atoms with van der Waals surface area (Å²) in [6, 6.07) is 20.1. The molecule has 0 saturated carbocycles. The lowest BCUT2D eigenvalue weighted by atomic mass is 10.2. The van der Waals surface area contributed by atoms with E-state index in [4.69, 9.17) is 0 Å². The van der Waals surface area contributed by atoms with Gasteiger partial charge < -0.3 is 5.32 Å². The lowest BCUT2D eigenvalue weighted by Crippen LogP contribution is -2.30. The van der Waals surface area contributed by atoms with Gasteiger partial charge in [0.05, 0.1) is 17.1 Å². The number of carbonyl (C=O) groups excluding carboxylic acids is 1. The fraction of sp³-hybridized carbons (Fsp3) is 0.200. The van der Waals surface area contributed by atoms with E-state index in [2.05, 4.69) is 22.5 Å². The lowest BCUT2D eigenvalue weighted by Gasteiger charge is -2.11. The van der Waals surface area contributed by atoms with Crippen molar-refractivity contribution >= 4 is 17.7 Å². The molecular weight excluding hydrogens is 330 g/mol. The molecule has 0 radical (unpaired) electrons. The Morgan fingerprint density at radius 1 is 1.08 bits per heavy atom. The molecule has 0 bridgehead atoms. The average Bonchev–Trinajstić information content (AvgIpc) is 3.15. The second kappa shape index (κ2) is 8.53. The van der Waals surface area contributed by atoms with Crippen LogP contribution in [0.2, 0.25) is 0 Å². The van der Waals surface area contributed by atoms with E-state index in [1.165, 1.54) is 5.56 Å². The van der Waals surface area contributed by atoms with Crippen molar-refractivity contribution in [3.05, 3.63) is 84.2 Å². The van der Waals surface area contributed by atoms with E-state index in [1.807, 2.05) is 66.3 Å². The van der Waals surface area contributed by atoms with Gasteiger partial charge in [-0.25, -0.2) is 4.68 Å². The first-order valence-electron chi connectivity index (χ1n) is 8.24. The van der Waals surface area contributed by atoms with Gasteiger partial charge in [-0.15, -0.1) is 11.8 Å². The average molecular weight is 351 g/mol. The van der Waals surface area contributed by atoms with Crippen molar-refractivity contribution in [2.24, 2.45) is 0 Å². The molecule has 0 saturated heterocycles. The highest BCUT2D eigenvalue weighted by Crippen LogP contribution is 2.17. The van der Waals surface area contributed by atoms with E-state index >= 15 is 0 Å². The topological polar surface area (TPSA) is 46.9 Å². The van der Waals surface area contributed by atoms with Gasteiger partial charge in [-0.3, -0.25) is 4.79 Å². The van der Waals surface area contributed by atoms with Crippen molar-refractivity contribution in [3.63, 3.8) is 0 Å². The van der Waals surface area contributed by atoms with Crippen LogP contribution in [-0.4, -0.2) is 20.9 Å². The monoisotopic (exact) mass is 351 g/mol. The molecule has 4 nitrogen and oxygen atoms in total. The summed E-state index contributed by atoms with van der Waals surface area (Å²) in [4.78, 5) is 12.3. The Balaban J connectivity index is 1.48. The number of amides is 1. The fourth-order valence-corrected chi connectivity index (χ4v) is 3.25. The minimum atomic E-state index is -0.0932. The number of thioether (sulfide) groups is 1. The minimum Gasteiger partial charge on any atom is -0.351 e. The van der Waals surface area contributed by atoms with Crippen LogP contribution in [0.3, 0.4) is 0 Å². The van der Waals surface area contributed by atoms with E-state index in [-0.39, 0.29) is 11.2 Å². The summed E-state index contributed by atoms with van der Waals surface area (Å²) in [7, 11) is 0. The Bertz CT molecular complexity index is 802. The molecule has 0 fully saturated rings. The predicted octanol–water partition coefficient (Wildman–Crippen LogP) is 3.81. The third-order valence-corrected chi connectivity index (χ3v) is 5.05. The van der Waals surface area contributed by atoms with E-state index < -0.39 is 0 Å². The smallest absolute Gasteiger partial charge is 0.233 e. The molecule has 3 rings (SSSR count). The molecule has 2 aromatic carbocycles. The molecule has 25 heavy (non-hydrogen) atoms. The maximum absolute atomic E-state index is 12.3. The second-order valence-electron chi connectivity index (χ2n) is 5.79. The van der Waals surface area contributed by atoms with Crippen LogP contribution >= 0.6 is 11.8 Å². The van der Waals surface area contributed by atoms with Crippen LogP contribution in [0.25, 0.3) is 5.69 Å². The Morgan fingerprint density at radius 3 is 2.48 bits per heavy atom. The summed E-state index contributed by atoms with van der Waals surface area (Å²) >= 11 is 1.64. The first kappa shape index (κ1) is 17.3. The van der Waals surface area contributed by atoms with Gasteiger partial charge in [0.25, 0.3) is 0 Å². The summed E-state index contributed by atoms with van der Waals surface area (Å²) < 4.78 is 1.81. The molecule has 0 aliphatic heterocycles. The van der Waals surface area contributed by atoms with Crippen molar-refractivity contribution in [3.8, 4) is 5.69 Å². The number of benzene rings is 2. The summed E-state index contributed by atoms with van der Waals surface area (Å²) in [5.74, 6) is 0.884. The Morgan fingerprint density at radius 2 is 1.76 bits per heavy atom. The molecule has 1 heterocycles. The van der Waals surface area contributed by atoms with Crippen molar-refractivity contribution in [1.82, 2.24) is 15.1 Å². The zero-order valence-corrected chi connectivity index (χ0v) is 14.9. The van der Waals surface area contributed by atoms with Crippen molar-refractivity contribution in [1.29, 1.82) is 0 Å². The van der Waals surface area contributed by atoms with E-state index in [1.54, 1.807) is 18.0 Å². The zero-order valence-electron chi connectivity index (χ0n) is 14.1. The standard InChI is InChI=1S/C20H21N3OS/c1-16(25-15-17-8-4-2-5-9-17)20(24)21-12-18-13-22-23(14-18)19-10-6-3-7-11-19/h2-11,13-14,16H,12,15H2,1H3,(H,21,24). The van der Waals surface area contributed by atoms with Gasteiger partial charge in [0.15, 0.2) is 0 Å². The summed E-state index contributed by atoms with van der Waals surface area (Å²) in [5, 5.41) is 7.24. The van der Waals surface area contributed by atoms with Gasteiger partial charge in [-0.1, -0.05) is 48.5 Å². The van der Waals surface area contributed by atoms with Gasteiger partial charge in [0.1, 0.15) is 0 Å². The van der Waals surface area contributed by atoms with Crippen molar-refractivity contribution in [2.45, 2.75) is 24.5 Å². The van der Waals surface area contributed by atoms with Gasteiger partial charge in [-0.2, -0.15) is 5.10 Å². The predicted molar refractivity (Wildman–Crippen MR) is 103 cm³/mol. The van der Waals surface area contributed by atoms with E-state index in [0.717, 1.165) is 17.0 Å². The third-order valence-electron chi connectivity index (χ3n) is 3.84. The van der Waals surface area contributed by atoms with E-state index in [0.29, 0.717) is 6.54 Å². The third kappa shape index (κ3) is 4.97. The molecule has 0 spiro atoms. The first-order valence-corrected chi connectivity index (χ1v) is 9.29. The highest BCUT2D eigenvalue weighted by atomic mass is 32.2. The molecular formula is C20H21N3OS. The Hall–Kier alpha value is -2.53. The van der Waals surface area contributed by atoms with Gasteiger partial charge >= 0.3 is 0 Å². The SMILES string of the molecule is CC(SCc1ccccc1)C(=O)NCc1cnn(-c2ccccc2)c1. The van der Waals surface area contributed by atoms with E-state index in [9.17, 15) is 4.79 Å². The van der Waals surface area contributed by atoms with Crippen molar-refractivity contribution < 1.29 is 4.79 Å². The number of hydrogen-bond acceptors (Lipinski definition) is 3. The molecule has 1 amide bonds. The van der Waals surface area contributed by atoms with Crippen LogP contribution in [-0.2, 0) is 17.1 Å². The number of nitrogens with one attached hydrogen (secondary N) is 1. The maximum Gasteiger partial charge on any atom is 0.233 e. The van der Waals surface area contributed by atoms with Crippen LogP contribution in [0, 0.1) is 0 Å². The van der Waals surface area contributed by atoms with Gasteiger partial charge in [0, 0.05) is 24.1 Å². The fourth-order valence-electron chi connectivity index (χ4n) is 2.38. The van der Waals surface area contributed by atoms with Crippen LogP contribution in [0.5, 0.6) is 0 Å². The molecule has 3 aromatic rings. The van der Waals surface area contributed by atoms with Crippen LogP contribution < -0.4 is 5.32 Å². The largest absolute Gasteiger partial charge is 0.351 e. The number of aromatic nitrogens is 2. The van der Waals surface area contributed by atoms with Crippen LogP contribution in [0.15, 0.2) is 73.1 Å². The number of hydrogen-bond donors (Lipinski definition) is 1. The molecule has 0 aliphatic rings. The van der Waals surface area contributed by atoms with Crippen LogP contribution in [0.4, 0.5) is 0 Å². The van der Waals surface area contributed by atoms with Crippen LogP contribution in [0.1, 0.15) is 18.1 Å². The number of para-hydroxylation sites is 1. The van der Waals surface area contributed by atoms with Gasteiger partial charge in [0.2, 0.25) is 5.91 Å². The summed E-state index contributed by atoms with van der Waals surface area (Å²) in [5.41, 5.74) is 3.22. The van der Waals surface area contributed by atoms with Gasteiger partial charge in [-0.05, 0) is 24.6 Å². The lowest BCUT2D eigenvalue weighted by molar-refractivity contribution is -0.120. The highest BCUT2D eigenvalue weighted by molar-refractivity contribution is 7.99. The number of carbonyl (C=O) groups is 1. The molecule has 1 unspecified atom stereocenters. The number of rotatable bonds is 7. The normalized spacial score (nSPS) is 11.9.